The number of hydrogen-bond donors (Lipinski definition) is 6. The SMILES string of the molecule is CN(CCN(C)C(=O)N(c1ccc(N2CCOCC2)cc1)c1nccc(-c2ccc(C(=O)NCC#N)cc2)n1)C(=O)OCc1ccc(NC(=O)CNC(=O)C2CCCN2C(=O)C(CC(N)=O)NO)cc1. The molecule has 0 saturated carbocycles. The highest BCUT2D eigenvalue weighted by Gasteiger charge is 2.37. The lowest BCUT2D eigenvalue weighted by Crippen LogP contribution is -2.53. The van der Waals surface area contributed by atoms with Gasteiger partial charge in [-0.25, -0.2) is 24.5 Å². The monoisotopic (exact) mass is 961 g/mol. The molecule has 2 fully saturated rings. The van der Waals surface area contributed by atoms with E-state index in [0.717, 1.165) is 18.8 Å². The summed E-state index contributed by atoms with van der Waals surface area (Å²) in [7, 11) is 3.14. The number of carbonyl (C=O) groups is 7. The summed E-state index contributed by atoms with van der Waals surface area (Å²) in [6.45, 7) is 2.50. The maximum Gasteiger partial charge on any atom is 0.409 e. The van der Waals surface area contributed by atoms with Gasteiger partial charge in [-0.05, 0) is 73.0 Å². The molecule has 0 aliphatic carbocycles. The lowest BCUT2D eigenvalue weighted by molar-refractivity contribution is -0.143. The van der Waals surface area contributed by atoms with Gasteiger partial charge in [-0.2, -0.15) is 10.7 Å². The number of carbonyl (C=O) groups excluding carboxylic acids is 7. The Labute approximate surface area is 403 Å². The molecule has 3 aromatic carbocycles. The van der Waals surface area contributed by atoms with Crippen LogP contribution >= 0.6 is 0 Å². The predicted molar refractivity (Wildman–Crippen MR) is 253 cm³/mol. The molecule has 23 nitrogen and oxygen atoms in total. The number of benzene rings is 3. The number of rotatable bonds is 19. The molecule has 7 N–H and O–H groups in total. The fraction of sp³-hybridized carbons (Fsp3) is 0.362. The minimum atomic E-state index is -1.30. The fourth-order valence-electron chi connectivity index (χ4n) is 7.56. The van der Waals surface area contributed by atoms with Crippen LogP contribution in [0.15, 0.2) is 85.1 Å². The highest BCUT2D eigenvalue weighted by molar-refractivity contribution is 5.99. The van der Waals surface area contributed by atoms with Gasteiger partial charge in [0.2, 0.25) is 29.6 Å². The van der Waals surface area contributed by atoms with E-state index in [2.05, 4.69) is 25.8 Å². The largest absolute Gasteiger partial charge is 0.445 e. The lowest BCUT2D eigenvalue weighted by Gasteiger charge is -2.30. The van der Waals surface area contributed by atoms with Crippen molar-refractivity contribution in [2.24, 2.45) is 5.73 Å². The van der Waals surface area contributed by atoms with Gasteiger partial charge >= 0.3 is 12.1 Å². The first-order valence-corrected chi connectivity index (χ1v) is 22.4. The number of nitriles is 1. The zero-order chi connectivity index (χ0) is 50.2. The van der Waals surface area contributed by atoms with Crippen LogP contribution in [0.25, 0.3) is 11.3 Å². The fourth-order valence-corrected chi connectivity index (χ4v) is 7.56. The van der Waals surface area contributed by atoms with E-state index in [1.54, 1.807) is 74.2 Å². The Bertz CT molecular complexity index is 2530. The Morgan fingerprint density at radius 2 is 1.61 bits per heavy atom. The Hall–Kier alpha value is -8.20. The van der Waals surface area contributed by atoms with Crippen molar-refractivity contribution in [1.82, 2.24) is 40.8 Å². The summed E-state index contributed by atoms with van der Waals surface area (Å²) in [4.78, 5) is 106. The topological polar surface area (TPSA) is 298 Å². The molecular formula is C47H55N13O10. The summed E-state index contributed by atoms with van der Waals surface area (Å²) in [5, 5.41) is 25.8. The van der Waals surface area contributed by atoms with Crippen molar-refractivity contribution in [3.63, 3.8) is 0 Å². The lowest BCUT2D eigenvalue weighted by atomic mass is 10.1. The number of nitrogens with two attached hydrogens (primary N) is 1. The normalized spacial score (nSPS) is 14.6. The van der Waals surface area contributed by atoms with E-state index in [4.69, 9.17) is 25.5 Å². The number of ether oxygens (including phenoxy) is 2. The second-order valence-electron chi connectivity index (χ2n) is 16.3. The average molecular weight is 962 g/mol. The molecule has 2 atom stereocenters. The number of hydrogen-bond acceptors (Lipinski definition) is 15. The van der Waals surface area contributed by atoms with Crippen molar-refractivity contribution in [2.45, 2.75) is 38.0 Å². The number of anilines is 4. The first-order valence-electron chi connectivity index (χ1n) is 22.4. The van der Waals surface area contributed by atoms with E-state index in [1.807, 2.05) is 30.3 Å². The van der Waals surface area contributed by atoms with E-state index < -0.39 is 60.2 Å². The standard InChI is InChI=1S/C47H55N13O10/c1-56(22-23-57(2)47(67)70-30-31-5-11-34(12-6-31)53-41(62)29-52-43(64)39-4-3-21-59(39)44(65)38(55-68)28-40(49)61)46(66)60(36-15-13-35(14-16-36)58-24-26-69-27-25-58)45-51-19-17-37(54-45)32-7-9-33(10-8-32)42(63)50-20-18-48/h5-17,19,38-39,55,68H,3-4,20-30H2,1-2H3,(H2,49,61)(H,50,63)(H,52,64)(H,53,62). The number of primary amides is 1. The van der Waals surface area contributed by atoms with Gasteiger partial charge in [-0.15, -0.1) is 0 Å². The van der Waals surface area contributed by atoms with E-state index in [-0.39, 0.29) is 45.3 Å². The van der Waals surface area contributed by atoms with E-state index in [1.165, 1.54) is 25.8 Å². The summed E-state index contributed by atoms with van der Waals surface area (Å²) < 4.78 is 11.0. The third-order valence-corrected chi connectivity index (χ3v) is 11.4. The van der Waals surface area contributed by atoms with Crippen LogP contribution in [0.4, 0.5) is 32.6 Å². The van der Waals surface area contributed by atoms with Crippen molar-refractivity contribution in [3.8, 4) is 17.3 Å². The van der Waals surface area contributed by atoms with E-state index in [9.17, 15) is 38.8 Å². The molecule has 368 valence electrons. The zero-order valence-corrected chi connectivity index (χ0v) is 38.7. The number of hydroxylamine groups is 1. The molecule has 4 aromatic rings. The Morgan fingerprint density at radius 3 is 2.29 bits per heavy atom. The molecule has 2 saturated heterocycles. The number of nitrogens with zero attached hydrogens (tertiary/aromatic N) is 8. The van der Waals surface area contributed by atoms with Gasteiger partial charge in [0.05, 0.1) is 43.6 Å². The third kappa shape index (κ3) is 13.7. The molecule has 23 heteroatoms. The quantitative estimate of drug-likeness (QED) is 0.0578. The highest BCUT2D eigenvalue weighted by Crippen LogP contribution is 2.29. The number of likely N-dealkylation sites (N-methyl/N-ethyl adjacent to an activating group) is 2. The first-order chi connectivity index (χ1) is 33.8. The third-order valence-electron chi connectivity index (χ3n) is 11.4. The molecule has 2 aliphatic heterocycles. The summed E-state index contributed by atoms with van der Waals surface area (Å²) in [5.74, 6) is -2.87. The number of amides is 8. The van der Waals surface area contributed by atoms with Crippen LogP contribution < -0.4 is 37.0 Å². The molecular weight excluding hydrogens is 907 g/mol. The van der Waals surface area contributed by atoms with Gasteiger partial charge in [0.1, 0.15) is 25.2 Å². The first kappa shape index (κ1) is 51.2. The van der Waals surface area contributed by atoms with Gasteiger partial charge in [-0.1, -0.05) is 24.3 Å². The summed E-state index contributed by atoms with van der Waals surface area (Å²) in [6, 6.07) is 21.5. The molecule has 8 amide bonds. The van der Waals surface area contributed by atoms with Crippen LogP contribution in [0, 0.1) is 11.3 Å². The van der Waals surface area contributed by atoms with Crippen molar-refractivity contribution < 1.29 is 48.2 Å². The van der Waals surface area contributed by atoms with Crippen molar-refractivity contribution in [2.75, 3.05) is 88.2 Å². The van der Waals surface area contributed by atoms with Crippen LogP contribution in [-0.4, -0.2) is 157 Å². The van der Waals surface area contributed by atoms with Crippen LogP contribution in [0.2, 0.25) is 0 Å². The number of urea groups is 1. The van der Waals surface area contributed by atoms with Gasteiger partial charge in [0.15, 0.2) is 0 Å². The van der Waals surface area contributed by atoms with Crippen LogP contribution in [0.1, 0.15) is 35.2 Å². The maximum absolute atomic E-state index is 14.3. The Kier molecular flexibility index (Phi) is 18.1. The molecule has 70 heavy (non-hydrogen) atoms. The number of nitrogens with one attached hydrogen (secondary N) is 4. The molecule has 3 heterocycles. The second-order valence-corrected chi connectivity index (χ2v) is 16.3. The van der Waals surface area contributed by atoms with Crippen molar-refractivity contribution in [1.29, 1.82) is 5.26 Å². The second kappa shape index (κ2) is 24.7. The van der Waals surface area contributed by atoms with Gasteiger partial charge < -0.3 is 56.0 Å². The number of likely N-dealkylation sites (tertiary alicyclic amines) is 1. The van der Waals surface area contributed by atoms with Crippen LogP contribution in [0.3, 0.4) is 0 Å². The summed E-state index contributed by atoms with van der Waals surface area (Å²) in [6.07, 6.45) is 1.28. The summed E-state index contributed by atoms with van der Waals surface area (Å²) >= 11 is 0. The smallest absolute Gasteiger partial charge is 0.409 e. The predicted octanol–water partition coefficient (Wildman–Crippen LogP) is 1.96. The molecule has 0 radical (unpaired) electrons. The zero-order valence-electron chi connectivity index (χ0n) is 38.7. The minimum Gasteiger partial charge on any atom is -0.445 e. The molecule has 0 bridgehead atoms. The van der Waals surface area contributed by atoms with Crippen molar-refractivity contribution in [3.05, 3.63) is 96.2 Å². The Balaban J connectivity index is 1.01. The van der Waals surface area contributed by atoms with Crippen molar-refractivity contribution >= 4 is 64.7 Å². The van der Waals surface area contributed by atoms with Crippen LogP contribution in [-0.2, 0) is 35.3 Å². The molecule has 6 rings (SSSR count). The molecule has 1 aromatic heterocycles. The molecule has 2 unspecified atom stereocenters. The molecule has 2 aliphatic rings. The van der Waals surface area contributed by atoms with Gasteiger partial charge in [0.25, 0.3) is 5.91 Å². The van der Waals surface area contributed by atoms with Gasteiger partial charge in [0, 0.05) is 75.5 Å². The average Bonchev–Trinajstić information content (AvgIpc) is 3.88. The van der Waals surface area contributed by atoms with E-state index in [0.29, 0.717) is 59.8 Å². The van der Waals surface area contributed by atoms with Gasteiger partial charge in [-0.3, -0.25) is 24.0 Å². The number of morpholine rings is 1. The highest BCUT2D eigenvalue weighted by atomic mass is 16.6. The number of aromatic nitrogens is 2. The van der Waals surface area contributed by atoms with Crippen LogP contribution in [0.5, 0.6) is 0 Å². The maximum atomic E-state index is 14.3. The Morgan fingerprint density at radius 1 is 0.914 bits per heavy atom. The molecule has 0 spiro atoms. The minimum absolute atomic E-state index is 0.0892. The van der Waals surface area contributed by atoms with E-state index >= 15 is 0 Å². The summed E-state index contributed by atoms with van der Waals surface area (Å²) in [5.41, 5.74) is 10.9.